The molecule has 1 aromatic rings. The number of hydrogen-bond donors (Lipinski definition) is 1. The zero-order valence-electron chi connectivity index (χ0n) is 11.6. The molecule has 1 amide bonds. The smallest absolute Gasteiger partial charge is 0.244 e. The van der Waals surface area contributed by atoms with E-state index in [-0.39, 0.29) is 11.9 Å². The first kappa shape index (κ1) is 15.1. The summed E-state index contributed by atoms with van der Waals surface area (Å²) in [5.74, 6) is 0.963. The Kier molecular flexibility index (Phi) is 6.22. The number of hydrogen-bond acceptors (Lipinski definition) is 3. The fourth-order valence-corrected chi connectivity index (χ4v) is 3.04. The van der Waals surface area contributed by atoms with Gasteiger partial charge in [0.1, 0.15) is 0 Å². The van der Waals surface area contributed by atoms with Gasteiger partial charge in [-0.25, -0.2) is 0 Å². The van der Waals surface area contributed by atoms with Gasteiger partial charge in [0.05, 0.1) is 11.7 Å². The summed E-state index contributed by atoms with van der Waals surface area (Å²) in [6, 6.07) is 8.01. The van der Waals surface area contributed by atoms with E-state index in [1.165, 1.54) is 4.90 Å². The van der Waals surface area contributed by atoms with E-state index in [0.29, 0.717) is 6.54 Å². The van der Waals surface area contributed by atoms with E-state index in [2.05, 4.69) is 11.4 Å². The van der Waals surface area contributed by atoms with Gasteiger partial charge in [0.2, 0.25) is 5.91 Å². The van der Waals surface area contributed by atoms with Crippen LogP contribution in [0.3, 0.4) is 0 Å². The second-order valence-electron chi connectivity index (χ2n) is 3.70. The standard InChI is InChI=1S/C12H16N2OS.C2H6/c1-3-14-10-6-4-5-7-11(10)16-8-9(13-2)12(14)15;1-2/h4-7,9,13H,3,8H2,1-2H3;1-2H3. The predicted octanol–water partition coefficient (Wildman–Crippen LogP) is 2.76. The second-order valence-corrected chi connectivity index (χ2v) is 4.76. The van der Waals surface area contributed by atoms with E-state index < -0.39 is 0 Å². The van der Waals surface area contributed by atoms with Crippen LogP contribution in [0, 0.1) is 0 Å². The molecule has 0 saturated carbocycles. The quantitative estimate of drug-likeness (QED) is 0.893. The van der Waals surface area contributed by atoms with Crippen molar-refractivity contribution in [3.8, 4) is 0 Å². The predicted molar refractivity (Wildman–Crippen MR) is 79.4 cm³/mol. The molecule has 1 aromatic carbocycles. The first-order valence-electron chi connectivity index (χ1n) is 6.48. The highest BCUT2D eigenvalue weighted by Gasteiger charge is 2.28. The largest absolute Gasteiger partial charge is 0.310 e. The molecule has 0 aromatic heterocycles. The number of carbonyl (C=O) groups excluding carboxylic acids is 1. The molecule has 0 bridgehead atoms. The van der Waals surface area contributed by atoms with Crippen LogP contribution >= 0.6 is 11.8 Å². The summed E-state index contributed by atoms with van der Waals surface area (Å²) in [7, 11) is 1.84. The molecule has 100 valence electrons. The molecule has 1 N–H and O–H groups in total. The summed E-state index contributed by atoms with van der Waals surface area (Å²) < 4.78 is 0. The maximum absolute atomic E-state index is 12.2. The van der Waals surface area contributed by atoms with Crippen molar-refractivity contribution in [2.24, 2.45) is 0 Å². The summed E-state index contributed by atoms with van der Waals surface area (Å²) in [5.41, 5.74) is 1.04. The first-order chi connectivity index (χ1) is 8.77. The third kappa shape index (κ3) is 3.06. The van der Waals surface area contributed by atoms with E-state index in [0.717, 1.165) is 11.4 Å². The Labute approximate surface area is 114 Å². The van der Waals surface area contributed by atoms with E-state index in [4.69, 9.17) is 0 Å². The topological polar surface area (TPSA) is 32.3 Å². The lowest BCUT2D eigenvalue weighted by molar-refractivity contribution is -0.119. The Morgan fingerprint density at radius 1 is 1.39 bits per heavy atom. The van der Waals surface area contributed by atoms with Crippen LogP contribution in [0.25, 0.3) is 0 Å². The molecule has 0 aliphatic carbocycles. The van der Waals surface area contributed by atoms with Crippen LogP contribution in [0.2, 0.25) is 0 Å². The number of rotatable bonds is 2. The molecule has 1 unspecified atom stereocenters. The van der Waals surface area contributed by atoms with Crippen LogP contribution < -0.4 is 10.2 Å². The Morgan fingerprint density at radius 2 is 2.06 bits per heavy atom. The zero-order chi connectivity index (χ0) is 13.5. The van der Waals surface area contributed by atoms with Gasteiger partial charge in [-0.1, -0.05) is 26.0 Å². The molecular formula is C14H22N2OS. The molecule has 4 heteroatoms. The zero-order valence-corrected chi connectivity index (χ0v) is 12.4. The van der Waals surface area contributed by atoms with Crippen molar-refractivity contribution >= 4 is 23.4 Å². The molecule has 2 rings (SSSR count). The lowest BCUT2D eigenvalue weighted by atomic mass is 10.2. The SMILES string of the molecule is CC.CCN1C(=O)C(NC)CSc2ccccc21. The summed E-state index contributed by atoms with van der Waals surface area (Å²) in [5, 5.41) is 3.08. The molecule has 0 saturated heterocycles. The van der Waals surface area contributed by atoms with Crippen molar-refractivity contribution in [3.05, 3.63) is 24.3 Å². The van der Waals surface area contributed by atoms with Crippen molar-refractivity contribution < 1.29 is 4.79 Å². The summed E-state index contributed by atoms with van der Waals surface area (Å²) >= 11 is 1.74. The minimum atomic E-state index is -0.0858. The molecule has 0 radical (unpaired) electrons. The van der Waals surface area contributed by atoms with Gasteiger partial charge in [-0.2, -0.15) is 0 Å². The van der Waals surface area contributed by atoms with Crippen LogP contribution in [-0.4, -0.2) is 31.3 Å². The highest BCUT2D eigenvalue weighted by atomic mass is 32.2. The fraction of sp³-hybridized carbons (Fsp3) is 0.500. The van der Waals surface area contributed by atoms with Crippen LogP contribution in [-0.2, 0) is 4.79 Å². The average Bonchev–Trinajstić information content (AvgIpc) is 2.57. The van der Waals surface area contributed by atoms with Gasteiger partial charge in [-0.15, -0.1) is 11.8 Å². The van der Waals surface area contributed by atoms with Crippen molar-refractivity contribution in [1.82, 2.24) is 5.32 Å². The summed E-state index contributed by atoms with van der Waals surface area (Å²) in [4.78, 5) is 15.3. The summed E-state index contributed by atoms with van der Waals surface area (Å²) in [6.07, 6.45) is 0. The number of para-hydroxylation sites is 1. The van der Waals surface area contributed by atoms with Crippen molar-refractivity contribution in [2.45, 2.75) is 31.7 Å². The monoisotopic (exact) mass is 266 g/mol. The van der Waals surface area contributed by atoms with Gasteiger partial charge in [0.15, 0.2) is 0 Å². The van der Waals surface area contributed by atoms with Crippen molar-refractivity contribution in [2.75, 3.05) is 24.2 Å². The van der Waals surface area contributed by atoms with Gasteiger partial charge in [-0.3, -0.25) is 4.79 Å². The Hall–Kier alpha value is -1.00. The molecule has 1 aliphatic rings. The lowest BCUT2D eigenvalue weighted by Gasteiger charge is -2.23. The number of carbonyl (C=O) groups is 1. The first-order valence-corrected chi connectivity index (χ1v) is 7.47. The highest BCUT2D eigenvalue weighted by molar-refractivity contribution is 7.99. The van der Waals surface area contributed by atoms with E-state index in [1.807, 2.05) is 50.9 Å². The minimum Gasteiger partial charge on any atom is -0.310 e. The molecule has 1 heterocycles. The number of amides is 1. The highest BCUT2D eigenvalue weighted by Crippen LogP contribution is 2.33. The molecule has 0 spiro atoms. The number of nitrogens with one attached hydrogen (secondary N) is 1. The Balaban J connectivity index is 0.000000771. The molecular weight excluding hydrogens is 244 g/mol. The number of benzene rings is 1. The van der Waals surface area contributed by atoms with E-state index >= 15 is 0 Å². The van der Waals surface area contributed by atoms with Gasteiger partial charge in [0, 0.05) is 17.2 Å². The number of likely N-dealkylation sites (N-methyl/N-ethyl adjacent to an activating group) is 2. The molecule has 0 fully saturated rings. The van der Waals surface area contributed by atoms with Crippen LogP contribution in [0.4, 0.5) is 5.69 Å². The molecule has 1 atom stereocenters. The Morgan fingerprint density at radius 3 is 2.67 bits per heavy atom. The maximum Gasteiger partial charge on any atom is 0.244 e. The average molecular weight is 266 g/mol. The van der Waals surface area contributed by atoms with Gasteiger partial charge >= 0.3 is 0 Å². The number of anilines is 1. The number of nitrogens with zero attached hydrogens (tertiary/aromatic N) is 1. The molecule has 18 heavy (non-hydrogen) atoms. The van der Waals surface area contributed by atoms with Crippen molar-refractivity contribution in [1.29, 1.82) is 0 Å². The Bertz CT molecular complexity index is 395. The van der Waals surface area contributed by atoms with Crippen LogP contribution in [0.15, 0.2) is 29.2 Å². The van der Waals surface area contributed by atoms with E-state index in [1.54, 1.807) is 11.8 Å². The van der Waals surface area contributed by atoms with Crippen LogP contribution in [0.5, 0.6) is 0 Å². The fourth-order valence-electron chi connectivity index (χ4n) is 1.89. The number of fused-ring (bicyclic) bond motifs is 1. The third-order valence-corrected chi connectivity index (χ3v) is 3.95. The van der Waals surface area contributed by atoms with Crippen LogP contribution in [0.1, 0.15) is 20.8 Å². The van der Waals surface area contributed by atoms with Gasteiger partial charge < -0.3 is 10.2 Å². The summed E-state index contributed by atoms with van der Waals surface area (Å²) in [6.45, 7) is 6.73. The van der Waals surface area contributed by atoms with E-state index in [9.17, 15) is 4.79 Å². The molecule has 3 nitrogen and oxygen atoms in total. The normalized spacial score (nSPS) is 18.6. The lowest BCUT2D eigenvalue weighted by Crippen LogP contribution is -2.45. The van der Waals surface area contributed by atoms with Gasteiger partial charge in [-0.05, 0) is 26.1 Å². The third-order valence-electron chi connectivity index (χ3n) is 2.79. The van der Waals surface area contributed by atoms with Gasteiger partial charge in [0.25, 0.3) is 0 Å². The number of thioether (sulfide) groups is 1. The van der Waals surface area contributed by atoms with Crippen molar-refractivity contribution in [3.63, 3.8) is 0 Å². The minimum absolute atomic E-state index is 0.0858. The maximum atomic E-state index is 12.2. The molecule has 1 aliphatic heterocycles. The second kappa shape index (κ2) is 7.44.